The highest BCUT2D eigenvalue weighted by atomic mass is 32.1. The second kappa shape index (κ2) is 5.86. The van der Waals surface area contributed by atoms with Crippen molar-refractivity contribution in [1.29, 1.82) is 0 Å². The number of thiazole rings is 1. The molecule has 0 aliphatic rings. The normalized spacial score (nSPS) is 12.3. The lowest BCUT2D eigenvalue weighted by atomic mass is 10.4. The number of hydrogen-bond acceptors (Lipinski definition) is 3. The van der Waals surface area contributed by atoms with Crippen LogP contribution in [0.1, 0.15) is 26.5 Å². The van der Waals surface area contributed by atoms with E-state index >= 15 is 0 Å². The molecule has 0 spiro atoms. The fourth-order valence-electron chi connectivity index (χ4n) is 1.61. The first-order chi connectivity index (χ1) is 8.69. The molecule has 0 radical (unpaired) electrons. The summed E-state index contributed by atoms with van der Waals surface area (Å²) in [4.78, 5) is 10.0. The number of nitrogens with zero attached hydrogens (tertiary/aromatic N) is 3. The van der Waals surface area contributed by atoms with Crippen molar-refractivity contribution in [3.8, 4) is 0 Å². The lowest BCUT2D eigenvalue weighted by Crippen LogP contribution is -2.41. The molecule has 0 saturated heterocycles. The molecule has 0 aromatic carbocycles. The van der Waals surface area contributed by atoms with Crippen molar-refractivity contribution in [3.63, 3.8) is 0 Å². The SMILES string of the molecule is CCNC(=NCc1cn2ccsc2n1)NC(C)C. The third-order valence-corrected chi connectivity index (χ3v) is 3.08. The zero-order chi connectivity index (χ0) is 13.0. The summed E-state index contributed by atoms with van der Waals surface area (Å²) in [6.45, 7) is 7.70. The van der Waals surface area contributed by atoms with E-state index in [9.17, 15) is 0 Å². The van der Waals surface area contributed by atoms with E-state index in [1.165, 1.54) is 0 Å². The molecule has 0 saturated carbocycles. The first kappa shape index (κ1) is 12.9. The number of rotatable bonds is 4. The summed E-state index contributed by atoms with van der Waals surface area (Å²) in [7, 11) is 0. The minimum absolute atomic E-state index is 0.369. The van der Waals surface area contributed by atoms with Crippen LogP contribution < -0.4 is 10.6 Å². The van der Waals surface area contributed by atoms with Crippen LogP contribution in [0.15, 0.2) is 22.8 Å². The highest BCUT2D eigenvalue weighted by molar-refractivity contribution is 7.15. The Bertz CT molecular complexity index is 497. The third kappa shape index (κ3) is 3.22. The van der Waals surface area contributed by atoms with Gasteiger partial charge in [-0.05, 0) is 20.8 Å². The van der Waals surface area contributed by atoms with Crippen molar-refractivity contribution in [2.75, 3.05) is 6.54 Å². The second-order valence-corrected chi connectivity index (χ2v) is 5.19. The van der Waals surface area contributed by atoms with E-state index in [1.807, 2.05) is 22.2 Å². The number of imidazole rings is 1. The van der Waals surface area contributed by atoms with Crippen molar-refractivity contribution < 1.29 is 0 Å². The predicted molar refractivity (Wildman–Crippen MR) is 76.2 cm³/mol. The van der Waals surface area contributed by atoms with E-state index in [0.717, 1.165) is 23.2 Å². The highest BCUT2D eigenvalue weighted by Crippen LogP contribution is 2.11. The molecule has 0 bridgehead atoms. The van der Waals surface area contributed by atoms with Gasteiger partial charge in [-0.15, -0.1) is 11.3 Å². The maximum atomic E-state index is 4.52. The molecular formula is C12H19N5S. The van der Waals surface area contributed by atoms with Crippen LogP contribution in [0.5, 0.6) is 0 Å². The molecule has 6 heteroatoms. The first-order valence-corrected chi connectivity index (χ1v) is 7.03. The molecule has 0 atom stereocenters. The molecule has 2 heterocycles. The summed E-state index contributed by atoms with van der Waals surface area (Å²) in [6.07, 6.45) is 4.03. The zero-order valence-corrected chi connectivity index (χ0v) is 11.8. The Morgan fingerprint density at radius 3 is 3.06 bits per heavy atom. The number of guanidine groups is 1. The standard InChI is InChI=1S/C12H19N5S/c1-4-13-11(15-9(2)3)14-7-10-8-17-5-6-18-12(17)16-10/h5-6,8-9H,4,7H2,1-3H3,(H2,13,14,15). The van der Waals surface area contributed by atoms with Crippen LogP contribution >= 0.6 is 11.3 Å². The fraction of sp³-hybridized carbons (Fsp3) is 0.500. The average Bonchev–Trinajstić information content (AvgIpc) is 2.85. The summed E-state index contributed by atoms with van der Waals surface area (Å²) in [6, 6.07) is 0.369. The molecule has 0 fully saturated rings. The topological polar surface area (TPSA) is 53.7 Å². The molecule has 2 N–H and O–H groups in total. The number of aliphatic imine (C=N–C) groups is 1. The highest BCUT2D eigenvalue weighted by Gasteiger charge is 2.03. The molecule has 2 aromatic rings. The van der Waals surface area contributed by atoms with Gasteiger partial charge in [0, 0.05) is 30.4 Å². The van der Waals surface area contributed by atoms with E-state index in [2.05, 4.69) is 41.4 Å². The molecule has 0 amide bonds. The molecule has 18 heavy (non-hydrogen) atoms. The molecule has 2 rings (SSSR count). The van der Waals surface area contributed by atoms with Gasteiger partial charge in [0.15, 0.2) is 10.9 Å². The Labute approximate surface area is 111 Å². The molecule has 98 valence electrons. The van der Waals surface area contributed by atoms with Crippen LogP contribution in [0.4, 0.5) is 0 Å². The first-order valence-electron chi connectivity index (χ1n) is 6.15. The van der Waals surface area contributed by atoms with Gasteiger partial charge in [0.2, 0.25) is 0 Å². The maximum absolute atomic E-state index is 4.52. The maximum Gasteiger partial charge on any atom is 0.193 e. The van der Waals surface area contributed by atoms with E-state index in [-0.39, 0.29) is 0 Å². The van der Waals surface area contributed by atoms with Gasteiger partial charge < -0.3 is 10.6 Å². The minimum Gasteiger partial charge on any atom is -0.357 e. The third-order valence-electron chi connectivity index (χ3n) is 2.31. The molecule has 0 unspecified atom stereocenters. The number of nitrogens with one attached hydrogen (secondary N) is 2. The molecule has 5 nitrogen and oxygen atoms in total. The predicted octanol–water partition coefficient (Wildman–Crippen LogP) is 1.86. The van der Waals surface area contributed by atoms with Crippen LogP contribution in [0.3, 0.4) is 0 Å². The Morgan fingerprint density at radius 1 is 1.56 bits per heavy atom. The minimum atomic E-state index is 0.369. The lowest BCUT2D eigenvalue weighted by Gasteiger charge is -2.13. The van der Waals surface area contributed by atoms with Gasteiger partial charge in [0.1, 0.15) is 0 Å². The second-order valence-electron chi connectivity index (χ2n) is 4.32. The van der Waals surface area contributed by atoms with E-state index < -0.39 is 0 Å². The van der Waals surface area contributed by atoms with Gasteiger partial charge in [-0.2, -0.15) is 0 Å². The van der Waals surface area contributed by atoms with Gasteiger partial charge in [-0.25, -0.2) is 9.98 Å². The van der Waals surface area contributed by atoms with Gasteiger partial charge in [-0.3, -0.25) is 4.40 Å². The van der Waals surface area contributed by atoms with E-state index in [4.69, 9.17) is 0 Å². The van der Waals surface area contributed by atoms with Gasteiger partial charge in [0.25, 0.3) is 0 Å². The van der Waals surface area contributed by atoms with Crippen molar-refractivity contribution in [2.45, 2.75) is 33.4 Å². The quantitative estimate of drug-likeness (QED) is 0.655. The smallest absolute Gasteiger partial charge is 0.193 e. The summed E-state index contributed by atoms with van der Waals surface area (Å²) in [5.41, 5.74) is 0.989. The van der Waals surface area contributed by atoms with Crippen molar-refractivity contribution in [3.05, 3.63) is 23.5 Å². The number of aromatic nitrogens is 2. The van der Waals surface area contributed by atoms with E-state index in [1.54, 1.807) is 11.3 Å². The lowest BCUT2D eigenvalue weighted by molar-refractivity contribution is 0.700. The Kier molecular flexibility index (Phi) is 4.19. The van der Waals surface area contributed by atoms with Crippen molar-refractivity contribution in [1.82, 2.24) is 20.0 Å². The van der Waals surface area contributed by atoms with Crippen molar-refractivity contribution >= 4 is 22.3 Å². The zero-order valence-electron chi connectivity index (χ0n) is 11.0. The summed E-state index contributed by atoms with van der Waals surface area (Å²) in [5.74, 6) is 0.837. The van der Waals surface area contributed by atoms with Crippen LogP contribution in [0.25, 0.3) is 4.96 Å². The summed E-state index contributed by atoms with van der Waals surface area (Å²) < 4.78 is 2.03. The molecular weight excluding hydrogens is 246 g/mol. The van der Waals surface area contributed by atoms with Gasteiger partial charge in [-0.1, -0.05) is 0 Å². The van der Waals surface area contributed by atoms with E-state index in [0.29, 0.717) is 12.6 Å². The van der Waals surface area contributed by atoms with Crippen LogP contribution in [-0.4, -0.2) is 27.9 Å². The number of fused-ring (bicyclic) bond motifs is 1. The van der Waals surface area contributed by atoms with Crippen LogP contribution in [0, 0.1) is 0 Å². The average molecular weight is 265 g/mol. The molecule has 0 aliphatic heterocycles. The molecule has 2 aromatic heterocycles. The Hall–Kier alpha value is -1.56. The van der Waals surface area contributed by atoms with Crippen molar-refractivity contribution in [2.24, 2.45) is 4.99 Å². The summed E-state index contributed by atoms with van der Waals surface area (Å²) >= 11 is 1.64. The monoisotopic (exact) mass is 265 g/mol. The summed E-state index contributed by atoms with van der Waals surface area (Å²) in [5, 5.41) is 8.53. The Balaban J connectivity index is 2.04. The fourth-order valence-corrected chi connectivity index (χ4v) is 2.32. The molecule has 0 aliphatic carbocycles. The van der Waals surface area contributed by atoms with Gasteiger partial charge >= 0.3 is 0 Å². The Morgan fingerprint density at radius 2 is 2.39 bits per heavy atom. The van der Waals surface area contributed by atoms with Gasteiger partial charge in [0.05, 0.1) is 12.2 Å². The number of hydrogen-bond donors (Lipinski definition) is 2. The van der Waals surface area contributed by atoms with Crippen LogP contribution in [0.2, 0.25) is 0 Å². The largest absolute Gasteiger partial charge is 0.357 e. The van der Waals surface area contributed by atoms with Crippen LogP contribution in [-0.2, 0) is 6.54 Å².